The van der Waals surface area contributed by atoms with Gasteiger partial charge in [-0.05, 0) is 0 Å². The number of carbonyl (C=O) groups excluding carboxylic acids is 1. The second-order valence-electron chi connectivity index (χ2n) is 3.16. The fourth-order valence-corrected chi connectivity index (χ4v) is 2.32. The second-order valence-corrected chi connectivity index (χ2v) is 5.18. The molecular weight excluding hydrogens is 261 g/mol. The van der Waals surface area contributed by atoms with Crippen LogP contribution in [0.4, 0.5) is 0 Å². The molecule has 104 valence electrons. The van der Waals surface area contributed by atoms with E-state index in [9.17, 15) is 14.6 Å². The van der Waals surface area contributed by atoms with Gasteiger partial charge in [-0.3, -0.25) is 9.36 Å². The molecule has 7 nitrogen and oxygen atoms in total. The molecular formula is C10H18NO6P. The molecule has 0 amide bonds. The first-order valence-electron chi connectivity index (χ1n) is 5.08. The number of hydroxylamine groups is 2. The maximum Gasteiger partial charge on any atom is 0.347 e. The summed E-state index contributed by atoms with van der Waals surface area (Å²) in [5.74, 6) is -0.670. The van der Waals surface area contributed by atoms with Gasteiger partial charge in [0.25, 0.3) is 0 Å². The van der Waals surface area contributed by atoms with Crippen LogP contribution in [0.1, 0.15) is 0 Å². The average molecular weight is 279 g/mol. The van der Waals surface area contributed by atoms with Crippen LogP contribution >= 0.6 is 7.60 Å². The first-order valence-corrected chi connectivity index (χ1v) is 6.80. The third kappa shape index (κ3) is 7.37. The van der Waals surface area contributed by atoms with Gasteiger partial charge in [0.05, 0.1) is 20.3 Å². The highest BCUT2D eigenvalue weighted by Crippen LogP contribution is 2.48. The van der Waals surface area contributed by atoms with Gasteiger partial charge >= 0.3 is 13.6 Å². The Morgan fingerprint density at radius 3 is 2.22 bits per heavy atom. The summed E-state index contributed by atoms with van der Waals surface area (Å²) in [6.45, 7) is 6.39. The number of ether oxygens (including phenoxy) is 1. The van der Waals surface area contributed by atoms with Crippen molar-refractivity contribution in [3.05, 3.63) is 25.3 Å². The van der Waals surface area contributed by atoms with Gasteiger partial charge in [0, 0.05) is 0 Å². The molecule has 0 saturated heterocycles. The molecule has 0 aromatic carbocycles. The van der Waals surface area contributed by atoms with E-state index in [-0.39, 0.29) is 13.2 Å². The van der Waals surface area contributed by atoms with Gasteiger partial charge in [-0.1, -0.05) is 12.2 Å². The molecule has 0 aliphatic rings. The lowest BCUT2D eigenvalue weighted by Crippen LogP contribution is -2.29. The molecule has 0 unspecified atom stereocenters. The number of carbonyl (C=O) groups is 1. The molecule has 0 aromatic heterocycles. The zero-order chi connectivity index (χ0) is 14.0. The van der Waals surface area contributed by atoms with E-state index in [1.165, 1.54) is 19.3 Å². The standard InChI is InChI=1S/C10H18NO6P/c1-4-6-16-18(14,17-7-5-2)9-11(13)8-10(12)15-3/h4-5,13H,1-2,6-9H2,3H3. The lowest BCUT2D eigenvalue weighted by Gasteiger charge is -2.21. The van der Waals surface area contributed by atoms with Gasteiger partial charge in [-0.2, -0.15) is 5.06 Å². The van der Waals surface area contributed by atoms with E-state index in [1.807, 2.05) is 0 Å². The van der Waals surface area contributed by atoms with Crippen molar-refractivity contribution in [1.29, 1.82) is 0 Å². The first-order chi connectivity index (χ1) is 8.47. The van der Waals surface area contributed by atoms with E-state index < -0.39 is 26.4 Å². The predicted molar refractivity (Wildman–Crippen MR) is 65.3 cm³/mol. The molecule has 0 spiro atoms. The summed E-state index contributed by atoms with van der Waals surface area (Å²) in [6, 6.07) is 0. The fourth-order valence-electron chi connectivity index (χ4n) is 0.915. The summed E-state index contributed by atoms with van der Waals surface area (Å²) >= 11 is 0. The number of esters is 1. The summed E-state index contributed by atoms with van der Waals surface area (Å²) in [4.78, 5) is 10.9. The fraction of sp³-hybridized carbons (Fsp3) is 0.500. The van der Waals surface area contributed by atoms with Crippen LogP contribution in [-0.2, 0) is 23.1 Å². The van der Waals surface area contributed by atoms with E-state index in [0.717, 1.165) is 0 Å². The number of rotatable bonds is 10. The van der Waals surface area contributed by atoms with Crippen molar-refractivity contribution in [2.45, 2.75) is 0 Å². The first kappa shape index (κ1) is 17.0. The average Bonchev–Trinajstić information content (AvgIpc) is 2.33. The molecule has 0 aliphatic heterocycles. The largest absolute Gasteiger partial charge is 0.468 e. The van der Waals surface area contributed by atoms with Gasteiger partial charge < -0.3 is 19.0 Å². The summed E-state index contributed by atoms with van der Waals surface area (Å²) in [5.41, 5.74) is 0. The number of nitrogens with zero attached hydrogens (tertiary/aromatic N) is 1. The monoisotopic (exact) mass is 279 g/mol. The van der Waals surface area contributed by atoms with Crippen molar-refractivity contribution in [2.75, 3.05) is 33.2 Å². The van der Waals surface area contributed by atoms with Crippen molar-refractivity contribution in [2.24, 2.45) is 0 Å². The Morgan fingerprint density at radius 1 is 1.33 bits per heavy atom. The van der Waals surface area contributed by atoms with Gasteiger partial charge in [-0.15, -0.1) is 13.2 Å². The van der Waals surface area contributed by atoms with Crippen molar-refractivity contribution < 1.29 is 28.4 Å². The normalized spacial score (nSPS) is 11.3. The van der Waals surface area contributed by atoms with Crippen molar-refractivity contribution in [3.8, 4) is 0 Å². The van der Waals surface area contributed by atoms with Crippen molar-refractivity contribution in [3.63, 3.8) is 0 Å². The SMILES string of the molecule is C=CCOP(=O)(CN(O)CC(=O)OC)OCC=C. The lowest BCUT2D eigenvalue weighted by molar-refractivity contribution is -0.154. The number of methoxy groups -OCH3 is 1. The molecule has 0 fully saturated rings. The molecule has 0 bridgehead atoms. The van der Waals surface area contributed by atoms with Crippen molar-refractivity contribution in [1.82, 2.24) is 5.06 Å². The smallest absolute Gasteiger partial charge is 0.347 e. The maximum absolute atomic E-state index is 12.1. The summed E-state index contributed by atoms with van der Waals surface area (Å²) in [5, 5.41) is 9.95. The van der Waals surface area contributed by atoms with E-state index in [0.29, 0.717) is 5.06 Å². The second kappa shape index (κ2) is 9.02. The number of hydrogen-bond acceptors (Lipinski definition) is 7. The Labute approximate surface area is 106 Å². The molecule has 0 aliphatic carbocycles. The molecule has 0 saturated carbocycles. The zero-order valence-electron chi connectivity index (χ0n) is 10.3. The Balaban J connectivity index is 4.46. The van der Waals surface area contributed by atoms with Crippen molar-refractivity contribution >= 4 is 13.6 Å². The Kier molecular flexibility index (Phi) is 8.53. The van der Waals surface area contributed by atoms with Gasteiger partial charge in [0.1, 0.15) is 12.8 Å². The molecule has 1 N–H and O–H groups in total. The molecule has 0 rings (SSSR count). The van der Waals surface area contributed by atoms with Crippen LogP contribution < -0.4 is 0 Å². The quantitative estimate of drug-likeness (QED) is 0.280. The third-order valence-corrected chi connectivity index (χ3v) is 3.41. The highest BCUT2D eigenvalue weighted by atomic mass is 31.2. The Bertz CT molecular complexity index is 316. The topological polar surface area (TPSA) is 85.3 Å². The lowest BCUT2D eigenvalue weighted by atomic mass is 10.6. The van der Waals surface area contributed by atoms with Crippen LogP contribution in [0.25, 0.3) is 0 Å². The summed E-state index contributed by atoms with van der Waals surface area (Å²) in [6.07, 6.45) is 2.33. The Hall–Kier alpha value is -0.980. The minimum Gasteiger partial charge on any atom is -0.468 e. The summed E-state index contributed by atoms with van der Waals surface area (Å²) in [7, 11) is -2.37. The summed E-state index contributed by atoms with van der Waals surface area (Å²) < 4.78 is 26.4. The predicted octanol–water partition coefficient (Wildman–Crippen LogP) is 1.41. The van der Waals surface area contributed by atoms with Gasteiger partial charge in [0.2, 0.25) is 0 Å². The van der Waals surface area contributed by atoms with Gasteiger partial charge in [-0.25, -0.2) is 0 Å². The highest BCUT2D eigenvalue weighted by molar-refractivity contribution is 7.53. The highest BCUT2D eigenvalue weighted by Gasteiger charge is 2.28. The van der Waals surface area contributed by atoms with Crippen LogP contribution in [0.5, 0.6) is 0 Å². The van der Waals surface area contributed by atoms with E-state index in [1.54, 1.807) is 0 Å². The van der Waals surface area contributed by atoms with E-state index in [4.69, 9.17) is 9.05 Å². The minimum absolute atomic E-state index is 0.000481. The molecule has 0 heterocycles. The van der Waals surface area contributed by atoms with E-state index in [2.05, 4.69) is 17.9 Å². The van der Waals surface area contributed by atoms with Crippen LogP contribution in [0, 0.1) is 0 Å². The molecule has 0 aromatic rings. The van der Waals surface area contributed by atoms with Crippen LogP contribution in [0.3, 0.4) is 0 Å². The third-order valence-electron chi connectivity index (χ3n) is 1.65. The van der Waals surface area contributed by atoms with E-state index >= 15 is 0 Å². The van der Waals surface area contributed by atoms with Gasteiger partial charge in [0.15, 0.2) is 0 Å². The molecule has 8 heteroatoms. The molecule has 18 heavy (non-hydrogen) atoms. The van der Waals surface area contributed by atoms with Crippen LogP contribution in [-0.4, -0.2) is 49.4 Å². The molecule has 0 radical (unpaired) electrons. The maximum atomic E-state index is 12.1. The minimum atomic E-state index is -3.55. The van der Waals surface area contributed by atoms with Crippen LogP contribution in [0.2, 0.25) is 0 Å². The van der Waals surface area contributed by atoms with Crippen LogP contribution in [0.15, 0.2) is 25.3 Å². The zero-order valence-corrected chi connectivity index (χ0v) is 11.2. The number of hydrogen-bond donors (Lipinski definition) is 1. The molecule has 0 atom stereocenters. The Morgan fingerprint density at radius 2 is 1.83 bits per heavy atom.